The van der Waals surface area contributed by atoms with Gasteiger partial charge in [-0.05, 0) is 48.9 Å². The summed E-state index contributed by atoms with van der Waals surface area (Å²) in [5, 5.41) is 11.3. The number of halogens is 1. The van der Waals surface area contributed by atoms with E-state index in [0.717, 1.165) is 0 Å². The van der Waals surface area contributed by atoms with Gasteiger partial charge >= 0.3 is 0 Å². The van der Waals surface area contributed by atoms with Gasteiger partial charge in [-0.15, -0.1) is 0 Å². The fourth-order valence-corrected chi connectivity index (χ4v) is 3.54. The van der Waals surface area contributed by atoms with E-state index in [0.29, 0.717) is 34.9 Å². The largest absolute Gasteiger partial charge is 0.507 e. The number of nitrogens with two attached hydrogens (primary N) is 1. The van der Waals surface area contributed by atoms with Crippen molar-refractivity contribution in [2.45, 2.75) is 12.5 Å². The van der Waals surface area contributed by atoms with Gasteiger partial charge in [-0.1, -0.05) is 29.8 Å². The molecule has 6 nitrogen and oxygen atoms in total. The van der Waals surface area contributed by atoms with Crippen LogP contribution in [0.25, 0.3) is 5.76 Å². The fourth-order valence-electron chi connectivity index (χ4n) is 3.30. The second-order valence-electron chi connectivity index (χ2n) is 6.38. The van der Waals surface area contributed by atoms with Crippen LogP contribution in [0.2, 0.25) is 5.02 Å². The molecule has 2 aromatic carbocycles. The second-order valence-corrected chi connectivity index (χ2v) is 6.79. The van der Waals surface area contributed by atoms with Crippen LogP contribution in [0.5, 0.6) is 5.75 Å². The summed E-state index contributed by atoms with van der Waals surface area (Å²) >= 11 is 6.36. The highest BCUT2D eigenvalue weighted by atomic mass is 35.5. The minimum atomic E-state index is -0.776. The summed E-state index contributed by atoms with van der Waals surface area (Å²) in [4.78, 5) is 26.9. The normalized spacial score (nSPS) is 18.5. The van der Waals surface area contributed by atoms with Crippen LogP contribution < -0.4 is 10.5 Å². The summed E-state index contributed by atoms with van der Waals surface area (Å²) in [6, 6.07) is 12.8. The topological polar surface area (TPSA) is 92.9 Å². The molecule has 1 atom stereocenters. The number of nitrogens with zero attached hydrogens (tertiary/aromatic N) is 1. The van der Waals surface area contributed by atoms with Crippen molar-refractivity contribution in [3.63, 3.8) is 0 Å². The molecule has 0 bridgehead atoms. The number of Topliss-reactive ketones (excluding diaryl/α,β-unsaturated/α-hetero) is 1. The average molecular weight is 401 g/mol. The highest BCUT2D eigenvalue weighted by Crippen LogP contribution is 2.41. The first-order valence-electron chi connectivity index (χ1n) is 8.87. The third kappa shape index (κ3) is 3.61. The van der Waals surface area contributed by atoms with E-state index in [1.807, 2.05) is 0 Å². The molecule has 1 aliphatic rings. The Morgan fingerprint density at radius 2 is 1.86 bits per heavy atom. The van der Waals surface area contributed by atoms with E-state index < -0.39 is 17.7 Å². The van der Waals surface area contributed by atoms with Crippen molar-refractivity contribution in [1.82, 2.24) is 4.90 Å². The molecule has 0 spiro atoms. The van der Waals surface area contributed by atoms with Crippen LogP contribution in [0.3, 0.4) is 0 Å². The molecule has 2 aromatic rings. The smallest absolute Gasteiger partial charge is 0.295 e. The minimum Gasteiger partial charge on any atom is -0.507 e. The molecule has 0 radical (unpaired) electrons. The van der Waals surface area contributed by atoms with Crippen LogP contribution in [-0.4, -0.2) is 41.9 Å². The highest BCUT2D eigenvalue weighted by Gasteiger charge is 2.46. The van der Waals surface area contributed by atoms with Gasteiger partial charge in [0.1, 0.15) is 11.5 Å². The molecular weight excluding hydrogens is 380 g/mol. The van der Waals surface area contributed by atoms with Gasteiger partial charge in [0, 0.05) is 17.1 Å². The lowest BCUT2D eigenvalue weighted by atomic mass is 9.95. The van der Waals surface area contributed by atoms with E-state index in [4.69, 9.17) is 22.1 Å². The Labute approximate surface area is 168 Å². The number of aliphatic hydroxyl groups is 1. The SMILES string of the molecule is COc1ccc(C(O)=C2C(=O)C(=O)N(CCCN)[C@H]2c2ccccc2Cl)cc1. The maximum atomic E-state index is 12.8. The fraction of sp³-hybridized carbons (Fsp3) is 0.238. The van der Waals surface area contributed by atoms with Crippen LogP contribution in [-0.2, 0) is 9.59 Å². The molecule has 1 aliphatic heterocycles. The zero-order valence-corrected chi connectivity index (χ0v) is 16.1. The zero-order chi connectivity index (χ0) is 20.3. The molecular formula is C21H21ClN2O4. The Bertz CT molecular complexity index is 924. The molecule has 3 N–H and O–H groups in total. The Balaban J connectivity index is 2.16. The number of ketones is 1. The molecule has 0 unspecified atom stereocenters. The van der Waals surface area contributed by atoms with E-state index in [9.17, 15) is 14.7 Å². The zero-order valence-electron chi connectivity index (χ0n) is 15.4. The van der Waals surface area contributed by atoms with E-state index >= 15 is 0 Å². The van der Waals surface area contributed by atoms with Gasteiger partial charge in [-0.25, -0.2) is 0 Å². The third-order valence-electron chi connectivity index (χ3n) is 4.71. The number of benzene rings is 2. The monoisotopic (exact) mass is 400 g/mol. The quantitative estimate of drug-likeness (QED) is 0.441. The summed E-state index contributed by atoms with van der Waals surface area (Å²) in [7, 11) is 1.54. The van der Waals surface area contributed by atoms with Gasteiger partial charge in [-0.2, -0.15) is 0 Å². The van der Waals surface area contributed by atoms with E-state index in [2.05, 4.69) is 0 Å². The van der Waals surface area contributed by atoms with E-state index in [1.54, 1.807) is 48.5 Å². The number of likely N-dealkylation sites (tertiary alicyclic amines) is 1. The Morgan fingerprint density at radius 1 is 1.18 bits per heavy atom. The molecule has 1 amide bonds. The van der Waals surface area contributed by atoms with Crippen molar-refractivity contribution in [1.29, 1.82) is 0 Å². The predicted octanol–water partition coefficient (Wildman–Crippen LogP) is 3.12. The lowest BCUT2D eigenvalue weighted by molar-refractivity contribution is -0.139. The number of hydrogen-bond donors (Lipinski definition) is 2. The van der Waals surface area contributed by atoms with Gasteiger partial charge in [0.15, 0.2) is 0 Å². The summed E-state index contributed by atoms with van der Waals surface area (Å²) in [6.07, 6.45) is 0.524. The Kier molecular flexibility index (Phi) is 6.02. The van der Waals surface area contributed by atoms with Crippen LogP contribution in [0.4, 0.5) is 0 Å². The van der Waals surface area contributed by atoms with Gasteiger partial charge in [-0.3, -0.25) is 9.59 Å². The van der Waals surface area contributed by atoms with Crippen molar-refractivity contribution < 1.29 is 19.4 Å². The van der Waals surface area contributed by atoms with Crippen molar-refractivity contribution in [2.75, 3.05) is 20.2 Å². The number of rotatable bonds is 6. The summed E-state index contributed by atoms with van der Waals surface area (Å²) in [6.45, 7) is 0.660. The molecule has 1 fully saturated rings. The molecule has 1 heterocycles. The maximum Gasteiger partial charge on any atom is 0.295 e. The molecule has 3 rings (SSSR count). The molecule has 0 aliphatic carbocycles. The van der Waals surface area contributed by atoms with E-state index in [1.165, 1.54) is 12.0 Å². The van der Waals surface area contributed by atoms with Gasteiger partial charge < -0.3 is 20.5 Å². The van der Waals surface area contributed by atoms with Gasteiger partial charge in [0.05, 0.1) is 18.7 Å². The summed E-state index contributed by atoms with van der Waals surface area (Å²) < 4.78 is 5.12. The minimum absolute atomic E-state index is 0.0142. The number of amides is 1. The molecule has 1 saturated heterocycles. The predicted molar refractivity (Wildman–Crippen MR) is 107 cm³/mol. The van der Waals surface area contributed by atoms with Crippen LogP contribution in [0.15, 0.2) is 54.1 Å². The number of hydrogen-bond acceptors (Lipinski definition) is 5. The van der Waals surface area contributed by atoms with Gasteiger partial charge in [0.2, 0.25) is 0 Å². The van der Waals surface area contributed by atoms with E-state index in [-0.39, 0.29) is 17.9 Å². The van der Waals surface area contributed by atoms with Crippen molar-refractivity contribution in [2.24, 2.45) is 5.73 Å². The van der Waals surface area contributed by atoms with Crippen molar-refractivity contribution in [3.8, 4) is 5.75 Å². The summed E-state index contributed by atoms with van der Waals surface area (Å²) in [5.74, 6) is -1.05. The number of carbonyl (C=O) groups is 2. The number of ether oxygens (including phenoxy) is 1. The first-order chi connectivity index (χ1) is 13.5. The van der Waals surface area contributed by atoms with Crippen molar-refractivity contribution in [3.05, 3.63) is 70.3 Å². The van der Waals surface area contributed by atoms with Crippen LogP contribution in [0, 0.1) is 0 Å². The number of aliphatic hydroxyl groups excluding tert-OH is 1. The first-order valence-corrected chi connectivity index (χ1v) is 9.24. The van der Waals surface area contributed by atoms with Crippen LogP contribution >= 0.6 is 11.6 Å². The van der Waals surface area contributed by atoms with Gasteiger partial charge in [0.25, 0.3) is 11.7 Å². The van der Waals surface area contributed by atoms with Crippen molar-refractivity contribution >= 4 is 29.1 Å². The molecule has 7 heteroatoms. The number of carbonyl (C=O) groups excluding carboxylic acids is 2. The average Bonchev–Trinajstić information content (AvgIpc) is 2.96. The highest BCUT2D eigenvalue weighted by molar-refractivity contribution is 6.47. The summed E-state index contributed by atoms with van der Waals surface area (Å²) in [5.41, 5.74) is 6.60. The Hall–Kier alpha value is -2.83. The lowest BCUT2D eigenvalue weighted by Crippen LogP contribution is -2.31. The molecule has 28 heavy (non-hydrogen) atoms. The third-order valence-corrected chi connectivity index (χ3v) is 5.05. The first kappa shape index (κ1) is 19.9. The maximum absolute atomic E-state index is 12.8. The second kappa shape index (κ2) is 8.46. The lowest BCUT2D eigenvalue weighted by Gasteiger charge is -2.25. The Morgan fingerprint density at radius 3 is 2.46 bits per heavy atom. The molecule has 0 saturated carbocycles. The molecule has 0 aromatic heterocycles. The number of methoxy groups -OCH3 is 1. The standard InChI is InChI=1S/C21H21ClN2O4/c1-28-14-9-7-13(8-10-14)19(25)17-18(15-5-2-3-6-16(15)22)24(12-4-11-23)21(27)20(17)26/h2-3,5-10,18,25H,4,11-12,23H2,1H3/t18-/m0/s1. The molecule has 146 valence electrons. The van der Waals surface area contributed by atoms with Crippen LogP contribution in [0.1, 0.15) is 23.6 Å².